The van der Waals surface area contributed by atoms with Crippen LogP contribution in [0.3, 0.4) is 0 Å². The van der Waals surface area contributed by atoms with Crippen molar-refractivity contribution in [2.45, 2.75) is 12.2 Å². The van der Waals surface area contributed by atoms with E-state index in [2.05, 4.69) is 17.6 Å². The lowest BCUT2D eigenvalue weighted by molar-refractivity contribution is 0.0294. The lowest BCUT2D eigenvalue weighted by Crippen LogP contribution is -2.20. The Hall–Kier alpha value is -0.490. The molecule has 0 aliphatic heterocycles. The molecule has 4 nitrogen and oxygen atoms in total. The maximum absolute atomic E-state index is 9.51. The summed E-state index contributed by atoms with van der Waals surface area (Å²) in [6, 6.07) is 2.69. The fourth-order valence-electron chi connectivity index (χ4n) is 0.942. The van der Waals surface area contributed by atoms with E-state index in [9.17, 15) is 15.3 Å². The number of aromatic nitrogens is 1. The van der Waals surface area contributed by atoms with E-state index in [-0.39, 0.29) is 22.3 Å². The first kappa shape index (κ1) is 11.6. The van der Waals surface area contributed by atoms with Crippen LogP contribution in [-0.4, -0.2) is 32.2 Å². The molecule has 1 aromatic heterocycles. The Morgan fingerprint density at radius 2 is 2.07 bits per heavy atom. The predicted molar refractivity (Wildman–Crippen MR) is 55.7 cm³/mol. The lowest BCUT2D eigenvalue weighted by atomic mass is 10.1. The Labute approximate surface area is 91.6 Å². The third-order valence-electron chi connectivity index (χ3n) is 1.70. The van der Waals surface area contributed by atoms with Crippen molar-refractivity contribution in [2.24, 2.45) is 0 Å². The van der Waals surface area contributed by atoms with Gasteiger partial charge in [0.1, 0.15) is 22.7 Å². The number of aromatic hydroxyl groups is 1. The molecule has 0 fully saturated rings. The van der Waals surface area contributed by atoms with Gasteiger partial charge in [-0.15, -0.1) is 0 Å². The first-order valence-electron chi connectivity index (χ1n) is 3.88. The summed E-state index contributed by atoms with van der Waals surface area (Å²) in [5.41, 5.74) is -0.0425. The van der Waals surface area contributed by atoms with E-state index in [1.807, 2.05) is 0 Å². The normalized spacial score (nSPS) is 15.1. The van der Waals surface area contributed by atoms with E-state index in [4.69, 9.17) is 11.6 Å². The van der Waals surface area contributed by atoms with Gasteiger partial charge in [-0.05, 0) is 12.1 Å². The standard InChI is InChI=1S/C8H10ClNO3S/c9-6-2-1-4(11)7(10-6)8(13)5(12)3-14/h1-2,5,8,11-14H,3H2. The van der Waals surface area contributed by atoms with Crippen molar-refractivity contribution in [2.75, 3.05) is 5.75 Å². The van der Waals surface area contributed by atoms with Crippen molar-refractivity contribution in [3.8, 4) is 5.75 Å². The molecule has 78 valence electrons. The Morgan fingerprint density at radius 3 is 2.64 bits per heavy atom. The third kappa shape index (κ3) is 2.51. The van der Waals surface area contributed by atoms with Gasteiger partial charge in [0.25, 0.3) is 0 Å². The zero-order valence-electron chi connectivity index (χ0n) is 7.13. The number of thiol groups is 1. The highest BCUT2D eigenvalue weighted by atomic mass is 35.5. The molecule has 1 aromatic rings. The van der Waals surface area contributed by atoms with Gasteiger partial charge in [-0.3, -0.25) is 0 Å². The molecular formula is C8H10ClNO3S. The molecule has 0 amide bonds. The minimum Gasteiger partial charge on any atom is -0.506 e. The van der Waals surface area contributed by atoms with Gasteiger partial charge in [0.2, 0.25) is 0 Å². The molecule has 0 radical (unpaired) electrons. The second kappa shape index (κ2) is 4.84. The molecule has 0 saturated carbocycles. The summed E-state index contributed by atoms with van der Waals surface area (Å²) in [4.78, 5) is 3.71. The molecule has 0 aromatic carbocycles. The second-order valence-electron chi connectivity index (χ2n) is 2.73. The summed E-state index contributed by atoms with van der Waals surface area (Å²) < 4.78 is 0. The predicted octanol–water partition coefficient (Wildman–Crippen LogP) is 0.765. The van der Waals surface area contributed by atoms with E-state index in [0.29, 0.717) is 0 Å². The van der Waals surface area contributed by atoms with Crippen LogP contribution >= 0.6 is 24.2 Å². The molecule has 0 saturated heterocycles. The maximum atomic E-state index is 9.51. The minimum absolute atomic E-state index is 0.0425. The van der Waals surface area contributed by atoms with Gasteiger partial charge in [-0.2, -0.15) is 12.6 Å². The van der Waals surface area contributed by atoms with Gasteiger partial charge in [-0.25, -0.2) is 4.98 Å². The van der Waals surface area contributed by atoms with Gasteiger partial charge in [0.05, 0.1) is 6.10 Å². The van der Waals surface area contributed by atoms with Crippen LogP contribution in [0.4, 0.5) is 0 Å². The number of pyridine rings is 1. The summed E-state index contributed by atoms with van der Waals surface area (Å²) in [5.74, 6) is -0.142. The Balaban J connectivity index is 2.99. The number of halogens is 1. The molecule has 0 bridgehead atoms. The molecular weight excluding hydrogens is 226 g/mol. The summed E-state index contributed by atoms with van der Waals surface area (Å²) >= 11 is 9.39. The smallest absolute Gasteiger partial charge is 0.140 e. The van der Waals surface area contributed by atoms with Gasteiger partial charge < -0.3 is 15.3 Å². The lowest BCUT2D eigenvalue weighted by Gasteiger charge is -2.16. The monoisotopic (exact) mass is 235 g/mol. The number of aliphatic hydroxyl groups is 2. The molecule has 14 heavy (non-hydrogen) atoms. The molecule has 1 rings (SSSR count). The summed E-state index contributed by atoms with van der Waals surface area (Å²) in [6.07, 6.45) is -2.37. The molecule has 0 aliphatic carbocycles. The van der Waals surface area contributed by atoms with Crippen molar-refractivity contribution in [1.82, 2.24) is 4.98 Å². The molecule has 0 spiro atoms. The Bertz CT molecular complexity index is 323. The van der Waals surface area contributed by atoms with E-state index in [1.165, 1.54) is 12.1 Å². The zero-order valence-corrected chi connectivity index (χ0v) is 8.78. The van der Waals surface area contributed by atoms with Crippen LogP contribution in [-0.2, 0) is 0 Å². The number of nitrogens with zero attached hydrogens (tertiary/aromatic N) is 1. The first-order chi connectivity index (χ1) is 6.56. The minimum atomic E-state index is -1.29. The van der Waals surface area contributed by atoms with Crippen LogP contribution in [0.2, 0.25) is 5.15 Å². The van der Waals surface area contributed by atoms with Crippen LogP contribution in [0.15, 0.2) is 12.1 Å². The topological polar surface area (TPSA) is 73.6 Å². The molecule has 1 heterocycles. The van der Waals surface area contributed by atoms with Gasteiger partial charge in [0, 0.05) is 5.75 Å². The second-order valence-corrected chi connectivity index (χ2v) is 3.49. The van der Waals surface area contributed by atoms with E-state index in [1.54, 1.807) is 0 Å². The molecule has 2 unspecified atom stereocenters. The summed E-state index contributed by atoms with van der Waals surface area (Å²) in [5, 5.41) is 28.3. The largest absolute Gasteiger partial charge is 0.506 e. The summed E-state index contributed by atoms with van der Waals surface area (Å²) in [7, 11) is 0. The van der Waals surface area contributed by atoms with Gasteiger partial charge in [-0.1, -0.05) is 11.6 Å². The van der Waals surface area contributed by atoms with Gasteiger partial charge >= 0.3 is 0 Å². The van der Waals surface area contributed by atoms with Crippen molar-refractivity contribution in [1.29, 1.82) is 0 Å². The van der Waals surface area contributed by atoms with E-state index in [0.717, 1.165) is 0 Å². The first-order valence-corrected chi connectivity index (χ1v) is 4.89. The molecule has 6 heteroatoms. The zero-order chi connectivity index (χ0) is 10.7. The van der Waals surface area contributed by atoms with E-state index < -0.39 is 12.2 Å². The van der Waals surface area contributed by atoms with E-state index >= 15 is 0 Å². The van der Waals surface area contributed by atoms with Gasteiger partial charge in [0.15, 0.2) is 0 Å². The highest BCUT2D eigenvalue weighted by molar-refractivity contribution is 7.80. The van der Waals surface area contributed by atoms with Crippen molar-refractivity contribution < 1.29 is 15.3 Å². The maximum Gasteiger partial charge on any atom is 0.140 e. The van der Waals surface area contributed by atoms with Crippen LogP contribution in [0.5, 0.6) is 5.75 Å². The Morgan fingerprint density at radius 1 is 1.43 bits per heavy atom. The highest BCUT2D eigenvalue weighted by Gasteiger charge is 2.21. The van der Waals surface area contributed by atoms with Crippen LogP contribution in [0.25, 0.3) is 0 Å². The average Bonchev–Trinajstić information content (AvgIpc) is 2.19. The number of hydrogen-bond donors (Lipinski definition) is 4. The third-order valence-corrected chi connectivity index (χ3v) is 2.28. The number of rotatable bonds is 3. The molecule has 0 aliphatic rings. The van der Waals surface area contributed by atoms with Crippen LogP contribution in [0, 0.1) is 0 Å². The average molecular weight is 236 g/mol. The molecule has 3 N–H and O–H groups in total. The quantitative estimate of drug-likeness (QED) is 0.461. The van der Waals surface area contributed by atoms with Crippen LogP contribution in [0.1, 0.15) is 11.8 Å². The highest BCUT2D eigenvalue weighted by Crippen LogP contribution is 2.26. The SMILES string of the molecule is Oc1ccc(Cl)nc1C(O)C(O)CS. The molecule has 2 atom stereocenters. The fraction of sp³-hybridized carbons (Fsp3) is 0.375. The fourth-order valence-corrected chi connectivity index (χ4v) is 1.30. The number of aliphatic hydroxyl groups excluding tert-OH is 2. The van der Waals surface area contributed by atoms with Crippen molar-refractivity contribution >= 4 is 24.2 Å². The van der Waals surface area contributed by atoms with Crippen molar-refractivity contribution in [3.05, 3.63) is 23.0 Å². The van der Waals surface area contributed by atoms with Crippen LogP contribution < -0.4 is 0 Å². The number of hydrogen-bond acceptors (Lipinski definition) is 5. The van der Waals surface area contributed by atoms with Crippen molar-refractivity contribution in [3.63, 3.8) is 0 Å². The summed E-state index contributed by atoms with van der Waals surface area (Å²) in [6.45, 7) is 0. The Kier molecular flexibility index (Phi) is 4.00.